The summed E-state index contributed by atoms with van der Waals surface area (Å²) in [7, 11) is 0. The summed E-state index contributed by atoms with van der Waals surface area (Å²) in [6.07, 6.45) is 0.991. The third-order valence-corrected chi connectivity index (χ3v) is 6.33. The number of fused-ring (bicyclic) bond motifs is 1. The molecule has 5 rings (SSSR count). The lowest BCUT2D eigenvalue weighted by atomic mass is 10.0. The first kappa shape index (κ1) is 23.3. The van der Waals surface area contributed by atoms with E-state index in [-0.39, 0.29) is 39.7 Å². The maximum atomic E-state index is 15.9. The largest absolute Gasteiger partial charge is 0.507 e. The lowest BCUT2D eigenvalue weighted by Gasteiger charge is -2.35. The Morgan fingerprint density at radius 2 is 1.94 bits per heavy atom. The number of ether oxygens (including phenoxy) is 2. The Balaban J connectivity index is 1.64. The van der Waals surface area contributed by atoms with E-state index in [4.69, 9.17) is 21.1 Å². The molecule has 2 fully saturated rings. The number of rotatable bonds is 5. The molecule has 1 aromatic heterocycles. The Bertz CT molecular complexity index is 1310. The first-order valence-corrected chi connectivity index (χ1v) is 11.3. The second kappa shape index (κ2) is 9.27. The lowest BCUT2D eigenvalue weighted by Crippen LogP contribution is -2.48. The number of piperazine rings is 1. The number of aromatic nitrogens is 2. The normalized spacial score (nSPS) is 16.3. The Hall–Kier alpha value is -3.50. The zero-order valence-electron chi connectivity index (χ0n) is 18.5. The molecule has 2 aliphatic rings. The fraction of sp³-hybridized carbons (Fsp3) is 0.292. The van der Waals surface area contributed by atoms with Gasteiger partial charge in [-0.3, -0.25) is 4.79 Å². The highest BCUT2D eigenvalue weighted by molar-refractivity contribution is 6.34. The summed E-state index contributed by atoms with van der Waals surface area (Å²) >= 11 is 6.43. The molecule has 0 radical (unpaired) electrons. The minimum atomic E-state index is -0.910. The van der Waals surface area contributed by atoms with Gasteiger partial charge in [0, 0.05) is 37.1 Å². The van der Waals surface area contributed by atoms with E-state index in [0.29, 0.717) is 50.6 Å². The van der Waals surface area contributed by atoms with Crippen molar-refractivity contribution in [3.05, 3.63) is 53.6 Å². The van der Waals surface area contributed by atoms with Crippen LogP contribution in [0.4, 0.5) is 14.6 Å². The van der Waals surface area contributed by atoms with Gasteiger partial charge in [-0.25, -0.2) is 8.78 Å². The first-order valence-electron chi connectivity index (χ1n) is 11.0. The third kappa shape index (κ3) is 4.23. The molecular formula is C24H21ClF2N4O4. The van der Waals surface area contributed by atoms with Crippen molar-refractivity contribution < 1.29 is 28.2 Å². The van der Waals surface area contributed by atoms with Crippen molar-refractivity contribution in [3.63, 3.8) is 0 Å². The van der Waals surface area contributed by atoms with Crippen LogP contribution < -0.4 is 9.64 Å². The summed E-state index contributed by atoms with van der Waals surface area (Å²) < 4.78 is 41.4. The molecular weight excluding hydrogens is 482 g/mol. The van der Waals surface area contributed by atoms with Crippen LogP contribution in [0, 0.1) is 11.6 Å². The zero-order valence-corrected chi connectivity index (χ0v) is 19.3. The predicted molar refractivity (Wildman–Crippen MR) is 126 cm³/mol. The number of phenolic OH excluding ortho intramolecular Hbond substituents is 1. The van der Waals surface area contributed by atoms with Crippen LogP contribution in [0.25, 0.3) is 22.0 Å². The van der Waals surface area contributed by atoms with Gasteiger partial charge in [-0.2, -0.15) is 9.97 Å². The van der Waals surface area contributed by atoms with Gasteiger partial charge in [-0.15, -0.1) is 0 Å². The number of carbonyl (C=O) groups excluding carboxylic acids is 1. The fourth-order valence-electron chi connectivity index (χ4n) is 4.14. The minimum absolute atomic E-state index is 0.0599. The average Bonchev–Trinajstić information content (AvgIpc) is 2.82. The highest BCUT2D eigenvalue weighted by Gasteiger charge is 2.29. The van der Waals surface area contributed by atoms with Gasteiger partial charge in [0.15, 0.2) is 5.82 Å². The SMILES string of the molecule is C=CC(=O)N1CCN(c2nc(OC3COC3)nc3c(F)c(-c4c(O)cccc4F)c(Cl)cc23)CC1. The quantitative estimate of drug-likeness (QED) is 0.534. The average molecular weight is 503 g/mol. The number of halogens is 3. The molecule has 35 heavy (non-hydrogen) atoms. The van der Waals surface area contributed by atoms with E-state index in [2.05, 4.69) is 16.5 Å². The van der Waals surface area contributed by atoms with E-state index in [1.165, 1.54) is 24.3 Å². The highest BCUT2D eigenvalue weighted by atomic mass is 35.5. The molecule has 1 amide bonds. The van der Waals surface area contributed by atoms with Crippen LogP contribution in [0.2, 0.25) is 5.02 Å². The van der Waals surface area contributed by atoms with E-state index in [9.17, 15) is 14.3 Å². The van der Waals surface area contributed by atoms with Crippen LogP contribution in [-0.4, -0.2) is 71.4 Å². The van der Waals surface area contributed by atoms with Crippen molar-refractivity contribution in [2.45, 2.75) is 6.10 Å². The smallest absolute Gasteiger partial charge is 0.319 e. The summed E-state index contributed by atoms with van der Waals surface area (Å²) in [5, 5.41) is 10.4. The molecule has 2 saturated heterocycles. The van der Waals surface area contributed by atoms with E-state index in [1.54, 1.807) is 4.90 Å². The topological polar surface area (TPSA) is 88.0 Å². The molecule has 182 valence electrons. The minimum Gasteiger partial charge on any atom is -0.507 e. The van der Waals surface area contributed by atoms with Crippen LogP contribution in [0.5, 0.6) is 11.8 Å². The molecule has 0 unspecified atom stereocenters. The van der Waals surface area contributed by atoms with Gasteiger partial charge in [-0.05, 0) is 24.3 Å². The molecule has 0 saturated carbocycles. The second-order valence-electron chi connectivity index (χ2n) is 8.20. The Morgan fingerprint density at radius 3 is 2.57 bits per heavy atom. The maximum absolute atomic E-state index is 15.9. The fourth-order valence-corrected chi connectivity index (χ4v) is 4.43. The van der Waals surface area contributed by atoms with Crippen molar-refractivity contribution in [1.29, 1.82) is 0 Å². The zero-order chi connectivity index (χ0) is 24.7. The summed E-state index contributed by atoms with van der Waals surface area (Å²) in [5.41, 5.74) is -0.792. The monoisotopic (exact) mass is 502 g/mol. The maximum Gasteiger partial charge on any atom is 0.319 e. The first-order chi connectivity index (χ1) is 16.9. The molecule has 2 aromatic carbocycles. The molecule has 8 nitrogen and oxygen atoms in total. The standard InChI is InChI=1S/C24H21ClF2N4O4/c1-2-18(33)30-6-8-31(9-7-30)23-14-10-15(25)19(20-16(26)4-3-5-17(20)32)21(27)22(14)28-24(29-23)35-13-11-34-12-13/h2-5,10,13,32H,1,6-9,11-12H2. The van der Waals surface area contributed by atoms with Gasteiger partial charge in [0.25, 0.3) is 0 Å². The number of amides is 1. The third-order valence-electron chi connectivity index (χ3n) is 6.03. The molecule has 2 aliphatic heterocycles. The Morgan fingerprint density at radius 1 is 1.20 bits per heavy atom. The van der Waals surface area contributed by atoms with Crippen molar-refractivity contribution in [2.24, 2.45) is 0 Å². The molecule has 3 aromatic rings. The van der Waals surface area contributed by atoms with Gasteiger partial charge < -0.3 is 24.4 Å². The van der Waals surface area contributed by atoms with Gasteiger partial charge >= 0.3 is 6.01 Å². The van der Waals surface area contributed by atoms with Crippen LogP contribution in [0.1, 0.15) is 0 Å². The van der Waals surface area contributed by atoms with E-state index < -0.39 is 17.4 Å². The van der Waals surface area contributed by atoms with Crippen molar-refractivity contribution in [1.82, 2.24) is 14.9 Å². The molecule has 1 N–H and O–H groups in total. The lowest BCUT2D eigenvalue weighted by molar-refractivity contribution is -0.126. The number of hydrogen-bond donors (Lipinski definition) is 1. The molecule has 11 heteroatoms. The van der Waals surface area contributed by atoms with Crippen LogP contribution >= 0.6 is 11.6 Å². The Kier molecular flexibility index (Phi) is 6.16. The molecule has 3 heterocycles. The van der Waals surface area contributed by atoms with Gasteiger partial charge in [-0.1, -0.05) is 24.2 Å². The summed E-state index contributed by atoms with van der Waals surface area (Å²) in [4.78, 5) is 24.3. The van der Waals surface area contributed by atoms with Crippen LogP contribution in [0.3, 0.4) is 0 Å². The Labute approximate surface area is 204 Å². The summed E-state index contributed by atoms with van der Waals surface area (Å²) in [6, 6.07) is 5.06. The predicted octanol–water partition coefficient (Wildman–Crippen LogP) is 3.55. The van der Waals surface area contributed by atoms with Gasteiger partial charge in [0.1, 0.15) is 29.0 Å². The molecule has 0 atom stereocenters. The number of carbonyl (C=O) groups is 1. The molecule has 0 aliphatic carbocycles. The molecule has 0 bridgehead atoms. The number of phenols is 1. The van der Waals surface area contributed by atoms with Crippen molar-refractivity contribution in [2.75, 3.05) is 44.3 Å². The summed E-state index contributed by atoms with van der Waals surface area (Å²) in [5.74, 6) is -1.99. The van der Waals surface area contributed by atoms with E-state index >= 15 is 4.39 Å². The second-order valence-corrected chi connectivity index (χ2v) is 8.61. The number of aromatic hydroxyl groups is 1. The number of anilines is 1. The van der Waals surface area contributed by atoms with Crippen LogP contribution in [-0.2, 0) is 9.53 Å². The molecule has 0 spiro atoms. The summed E-state index contributed by atoms with van der Waals surface area (Å²) in [6.45, 7) is 5.91. The van der Waals surface area contributed by atoms with E-state index in [1.807, 2.05) is 4.90 Å². The number of nitrogens with zero attached hydrogens (tertiary/aromatic N) is 4. The van der Waals surface area contributed by atoms with Crippen molar-refractivity contribution >= 4 is 34.2 Å². The van der Waals surface area contributed by atoms with Gasteiger partial charge in [0.2, 0.25) is 5.91 Å². The number of hydrogen-bond acceptors (Lipinski definition) is 7. The highest BCUT2D eigenvalue weighted by Crippen LogP contribution is 2.42. The van der Waals surface area contributed by atoms with Gasteiger partial charge in [0.05, 0.1) is 23.8 Å². The van der Waals surface area contributed by atoms with Crippen LogP contribution in [0.15, 0.2) is 36.9 Å². The van der Waals surface area contributed by atoms with E-state index in [0.717, 1.165) is 6.07 Å². The number of benzene rings is 2. The van der Waals surface area contributed by atoms with Crippen molar-refractivity contribution in [3.8, 4) is 22.9 Å².